The van der Waals surface area contributed by atoms with Gasteiger partial charge in [0.05, 0.1) is 6.54 Å². The average Bonchev–Trinajstić information content (AvgIpc) is 2.67. The highest BCUT2D eigenvalue weighted by Gasteiger charge is 2.28. The van der Waals surface area contributed by atoms with Crippen LogP contribution in [0.3, 0.4) is 0 Å². The van der Waals surface area contributed by atoms with Crippen LogP contribution in [0.15, 0.2) is 59.6 Å². The third-order valence-electron chi connectivity index (χ3n) is 3.42. The topological polar surface area (TPSA) is 54.9 Å². The summed E-state index contributed by atoms with van der Waals surface area (Å²) < 4.78 is 46.7. The number of ether oxygens (including phenoxy) is 2. The van der Waals surface area contributed by atoms with Gasteiger partial charge in [0.1, 0.15) is 18.1 Å². The van der Waals surface area contributed by atoms with Gasteiger partial charge in [-0.25, -0.2) is 0 Å². The van der Waals surface area contributed by atoms with Gasteiger partial charge in [-0.1, -0.05) is 30.3 Å². The van der Waals surface area contributed by atoms with Crippen LogP contribution in [-0.2, 0) is 6.54 Å². The Morgan fingerprint density at radius 1 is 0.929 bits per heavy atom. The second kappa shape index (κ2) is 12.3. The Bertz CT molecular complexity index is 711. The minimum absolute atomic E-state index is 0. The molecule has 0 aliphatic rings. The van der Waals surface area contributed by atoms with E-state index in [1.807, 2.05) is 30.3 Å². The number of rotatable bonds is 8. The number of alkyl halides is 3. The van der Waals surface area contributed by atoms with Gasteiger partial charge in [-0.05, 0) is 29.8 Å². The highest BCUT2D eigenvalue weighted by molar-refractivity contribution is 14.0. The minimum atomic E-state index is -4.34. The predicted octanol–water partition coefficient (Wildman–Crippen LogP) is 3.99. The Balaban J connectivity index is 0.00000392. The lowest BCUT2D eigenvalue weighted by Crippen LogP contribution is -2.38. The van der Waals surface area contributed by atoms with Crippen LogP contribution in [0.25, 0.3) is 0 Å². The number of nitrogens with zero attached hydrogens (tertiary/aromatic N) is 1. The maximum atomic E-state index is 12.1. The van der Waals surface area contributed by atoms with E-state index in [0.29, 0.717) is 25.7 Å². The Hall–Kier alpha value is -2.17. The number of nitrogens with one attached hydrogen (secondary N) is 2. The second-order valence-corrected chi connectivity index (χ2v) is 5.56. The van der Waals surface area contributed by atoms with Crippen molar-refractivity contribution in [1.82, 2.24) is 10.6 Å². The Kier molecular flexibility index (Phi) is 10.5. The summed E-state index contributed by atoms with van der Waals surface area (Å²) in [7, 11) is 1.65. The second-order valence-electron chi connectivity index (χ2n) is 5.56. The van der Waals surface area contributed by atoms with Gasteiger partial charge >= 0.3 is 6.18 Å². The molecule has 0 fully saturated rings. The summed E-state index contributed by atoms with van der Waals surface area (Å²) in [5.74, 6) is 1.58. The van der Waals surface area contributed by atoms with Crippen LogP contribution >= 0.6 is 24.0 Å². The third-order valence-corrected chi connectivity index (χ3v) is 3.42. The van der Waals surface area contributed by atoms with Crippen molar-refractivity contribution in [1.29, 1.82) is 0 Å². The molecule has 2 N–H and O–H groups in total. The van der Waals surface area contributed by atoms with E-state index in [0.717, 1.165) is 11.3 Å². The minimum Gasteiger partial charge on any atom is -0.492 e. The number of aliphatic imine (C=N–C) groups is 1. The average molecular weight is 509 g/mol. The van der Waals surface area contributed by atoms with Crippen molar-refractivity contribution in [3.63, 3.8) is 0 Å². The van der Waals surface area contributed by atoms with E-state index in [-0.39, 0.29) is 29.7 Å². The lowest BCUT2D eigenvalue weighted by molar-refractivity contribution is -0.153. The number of halogens is 4. The molecule has 0 spiro atoms. The van der Waals surface area contributed by atoms with E-state index < -0.39 is 12.8 Å². The normalized spacial score (nSPS) is 11.4. The van der Waals surface area contributed by atoms with Crippen molar-refractivity contribution in [2.24, 2.45) is 4.99 Å². The molecule has 154 valence electrons. The van der Waals surface area contributed by atoms with Crippen LogP contribution in [0.4, 0.5) is 13.2 Å². The van der Waals surface area contributed by atoms with Crippen molar-refractivity contribution >= 4 is 29.9 Å². The van der Waals surface area contributed by atoms with E-state index >= 15 is 0 Å². The molecule has 0 unspecified atom stereocenters. The SMILES string of the molecule is CN=C(NCCOc1ccccc1)NCc1ccc(OCC(F)(F)F)cc1.I. The monoisotopic (exact) mass is 509 g/mol. The summed E-state index contributed by atoms with van der Waals surface area (Å²) in [5, 5.41) is 6.25. The van der Waals surface area contributed by atoms with E-state index in [4.69, 9.17) is 4.74 Å². The summed E-state index contributed by atoms with van der Waals surface area (Å²) in [6.07, 6.45) is -4.34. The smallest absolute Gasteiger partial charge is 0.422 e. The quantitative estimate of drug-likeness (QED) is 0.245. The lowest BCUT2D eigenvalue weighted by Gasteiger charge is -2.13. The summed E-state index contributed by atoms with van der Waals surface area (Å²) in [5.41, 5.74) is 0.887. The molecule has 2 rings (SSSR count). The number of para-hydroxylation sites is 1. The molecule has 9 heteroatoms. The molecule has 0 aromatic heterocycles. The van der Waals surface area contributed by atoms with Crippen LogP contribution in [0, 0.1) is 0 Å². The van der Waals surface area contributed by atoms with Crippen LogP contribution in [-0.4, -0.2) is 38.9 Å². The zero-order valence-electron chi connectivity index (χ0n) is 15.3. The largest absolute Gasteiger partial charge is 0.492 e. The first-order valence-corrected chi connectivity index (χ1v) is 8.37. The summed E-state index contributed by atoms with van der Waals surface area (Å²) in [6.45, 7) is 0.222. The zero-order valence-corrected chi connectivity index (χ0v) is 17.7. The number of guanidine groups is 1. The van der Waals surface area contributed by atoms with Gasteiger partial charge in [-0.2, -0.15) is 13.2 Å². The molecule has 0 radical (unpaired) electrons. The van der Waals surface area contributed by atoms with E-state index in [1.165, 1.54) is 12.1 Å². The van der Waals surface area contributed by atoms with Crippen LogP contribution < -0.4 is 20.1 Å². The molecule has 0 amide bonds. The maximum absolute atomic E-state index is 12.1. The Morgan fingerprint density at radius 2 is 1.57 bits per heavy atom. The molecule has 2 aromatic carbocycles. The van der Waals surface area contributed by atoms with Crippen molar-refractivity contribution in [3.8, 4) is 11.5 Å². The summed E-state index contributed by atoms with van der Waals surface area (Å²) >= 11 is 0. The highest BCUT2D eigenvalue weighted by Crippen LogP contribution is 2.18. The van der Waals surface area contributed by atoms with Gasteiger partial charge in [0.25, 0.3) is 0 Å². The molecule has 0 saturated carbocycles. The van der Waals surface area contributed by atoms with Gasteiger partial charge < -0.3 is 20.1 Å². The van der Waals surface area contributed by atoms with Crippen LogP contribution in [0.5, 0.6) is 11.5 Å². The number of hydrogen-bond donors (Lipinski definition) is 2. The molecule has 0 heterocycles. The third kappa shape index (κ3) is 9.67. The molecule has 0 aliphatic carbocycles. The van der Waals surface area contributed by atoms with Gasteiger partial charge in [0, 0.05) is 13.6 Å². The van der Waals surface area contributed by atoms with Crippen molar-refractivity contribution in [2.75, 3.05) is 26.8 Å². The molecular formula is C19H23F3IN3O2. The van der Waals surface area contributed by atoms with E-state index in [2.05, 4.69) is 20.4 Å². The number of hydrogen-bond acceptors (Lipinski definition) is 3. The van der Waals surface area contributed by atoms with Crippen LogP contribution in [0.2, 0.25) is 0 Å². The first-order valence-electron chi connectivity index (χ1n) is 8.37. The lowest BCUT2D eigenvalue weighted by atomic mass is 10.2. The van der Waals surface area contributed by atoms with E-state index in [1.54, 1.807) is 19.2 Å². The highest BCUT2D eigenvalue weighted by atomic mass is 127. The van der Waals surface area contributed by atoms with Gasteiger partial charge in [0.2, 0.25) is 0 Å². The molecule has 0 bridgehead atoms. The van der Waals surface area contributed by atoms with Gasteiger partial charge in [-0.15, -0.1) is 24.0 Å². The molecule has 5 nitrogen and oxygen atoms in total. The van der Waals surface area contributed by atoms with Crippen molar-refractivity contribution in [3.05, 3.63) is 60.2 Å². The molecule has 0 atom stereocenters. The molecule has 0 saturated heterocycles. The van der Waals surface area contributed by atoms with Gasteiger partial charge in [-0.3, -0.25) is 4.99 Å². The molecule has 2 aromatic rings. The fourth-order valence-corrected chi connectivity index (χ4v) is 2.13. The van der Waals surface area contributed by atoms with E-state index in [9.17, 15) is 13.2 Å². The summed E-state index contributed by atoms with van der Waals surface area (Å²) in [4.78, 5) is 4.11. The first kappa shape index (κ1) is 23.9. The Labute approximate surface area is 179 Å². The zero-order chi connectivity index (χ0) is 19.5. The number of benzene rings is 2. The fourth-order valence-electron chi connectivity index (χ4n) is 2.13. The first-order chi connectivity index (χ1) is 13.0. The fraction of sp³-hybridized carbons (Fsp3) is 0.316. The predicted molar refractivity (Wildman–Crippen MR) is 114 cm³/mol. The standard InChI is InChI=1S/C19H22F3N3O2.HI/c1-23-18(24-11-12-26-16-5-3-2-4-6-16)25-13-15-7-9-17(10-8-15)27-14-19(20,21)22;/h2-10H,11-14H2,1H3,(H2,23,24,25);1H. The Morgan fingerprint density at radius 3 is 2.18 bits per heavy atom. The maximum Gasteiger partial charge on any atom is 0.422 e. The molecule has 28 heavy (non-hydrogen) atoms. The summed E-state index contributed by atoms with van der Waals surface area (Å²) in [6, 6.07) is 15.9. The molecule has 0 aliphatic heterocycles. The van der Waals surface area contributed by atoms with Crippen molar-refractivity contribution < 1.29 is 22.6 Å². The molecular weight excluding hydrogens is 486 g/mol. The van der Waals surface area contributed by atoms with Crippen LogP contribution in [0.1, 0.15) is 5.56 Å². The van der Waals surface area contributed by atoms with Crippen molar-refractivity contribution in [2.45, 2.75) is 12.7 Å². The van der Waals surface area contributed by atoms with Gasteiger partial charge in [0.15, 0.2) is 12.6 Å².